The maximum atomic E-state index is 14.2. The molecular weight excluding hydrogens is 427 g/mol. The zero-order chi connectivity index (χ0) is 22.2. The molecule has 0 saturated heterocycles. The molecule has 6 nitrogen and oxygen atoms in total. The first-order valence-electron chi connectivity index (χ1n) is 11.3. The molecule has 1 saturated carbocycles. The Bertz CT molecular complexity index is 1110. The normalized spacial score (nSPS) is 21.3. The summed E-state index contributed by atoms with van der Waals surface area (Å²) >= 11 is 6.36. The van der Waals surface area contributed by atoms with Crippen LogP contribution in [0.4, 0.5) is 4.39 Å². The second-order valence-electron chi connectivity index (χ2n) is 8.80. The van der Waals surface area contributed by atoms with Crippen molar-refractivity contribution in [2.45, 2.75) is 57.5 Å². The van der Waals surface area contributed by atoms with E-state index >= 15 is 0 Å². The number of hydrogen-bond acceptors (Lipinski definition) is 5. The average Bonchev–Trinajstić information content (AvgIpc) is 3.14. The van der Waals surface area contributed by atoms with Gasteiger partial charge >= 0.3 is 0 Å². The van der Waals surface area contributed by atoms with E-state index in [0.29, 0.717) is 18.2 Å². The zero-order valence-electron chi connectivity index (χ0n) is 18.5. The van der Waals surface area contributed by atoms with Gasteiger partial charge in [-0.2, -0.15) is 0 Å². The van der Waals surface area contributed by atoms with Crippen molar-refractivity contribution in [3.63, 3.8) is 0 Å². The predicted octanol–water partition coefficient (Wildman–Crippen LogP) is 5.08. The molecule has 0 unspecified atom stereocenters. The number of rotatable bonds is 4. The summed E-state index contributed by atoms with van der Waals surface area (Å²) in [6.07, 6.45) is 5.38. The molecule has 32 heavy (non-hydrogen) atoms. The van der Waals surface area contributed by atoms with E-state index in [2.05, 4.69) is 49.8 Å². The van der Waals surface area contributed by atoms with Crippen molar-refractivity contribution in [2.24, 2.45) is 0 Å². The van der Waals surface area contributed by atoms with Crippen LogP contribution >= 0.6 is 11.6 Å². The van der Waals surface area contributed by atoms with Crippen LogP contribution in [-0.4, -0.2) is 43.4 Å². The Labute approximate surface area is 193 Å². The molecule has 2 aliphatic rings. The third-order valence-electron chi connectivity index (χ3n) is 6.92. The van der Waals surface area contributed by atoms with E-state index in [1.807, 2.05) is 12.1 Å². The van der Waals surface area contributed by atoms with Gasteiger partial charge in [-0.05, 0) is 61.6 Å². The van der Waals surface area contributed by atoms with E-state index in [1.54, 1.807) is 12.3 Å². The molecule has 8 heteroatoms. The summed E-state index contributed by atoms with van der Waals surface area (Å²) in [5, 5.41) is 14.5. The number of benzene rings is 1. The number of fused-ring (bicyclic) bond motifs is 3. The first kappa shape index (κ1) is 21.5. The predicted molar refractivity (Wildman–Crippen MR) is 122 cm³/mol. The number of pyridine rings is 1. The lowest BCUT2D eigenvalue weighted by Crippen LogP contribution is -2.38. The van der Waals surface area contributed by atoms with Crippen LogP contribution in [0.3, 0.4) is 0 Å². The van der Waals surface area contributed by atoms with Gasteiger partial charge < -0.3 is 0 Å². The Morgan fingerprint density at radius 1 is 1.09 bits per heavy atom. The van der Waals surface area contributed by atoms with Crippen molar-refractivity contribution in [3.8, 4) is 5.69 Å². The molecule has 1 fully saturated rings. The van der Waals surface area contributed by atoms with Crippen molar-refractivity contribution >= 4 is 11.6 Å². The Morgan fingerprint density at radius 3 is 2.62 bits per heavy atom. The molecule has 0 bridgehead atoms. The van der Waals surface area contributed by atoms with E-state index in [-0.39, 0.29) is 11.7 Å². The SMILES string of the molecule is CCN(C)N1Cc2cc(Cl)ccc2-n2c(nnc2C2CCC(c3ncccc3F)CC2)C1. The molecule has 0 atom stereocenters. The Hall–Kier alpha value is -2.35. The minimum atomic E-state index is -0.196. The van der Waals surface area contributed by atoms with Crippen LogP contribution < -0.4 is 0 Å². The monoisotopic (exact) mass is 454 g/mol. The van der Waals surface area contributed by atoms with Crippen LogP contribution in [0.2, 0.25) is 5.02 Å². The van der Waals surface area contributed by atoms with Crippen LogP contribution in [0.25, 0.3) is 5.69 Å². The topological polar surface area (TPSA) is 50.1 Å². The van der Waals surface area contributed by atoms with Crippen molar-refractivity contribution in [1.29, 1.82) is 0 Å². The van der Waals surface area contributed by atoms with Crippen molar-refractivity contribution < 1.29 is 4.39 Å². The van der Waals surface area contributed by atoms with E-state index < -0.39 is 0 Å². The summed E-state index contributed by atoms with van der Waals surface area (Å²) in [6.45, 7) is 4.51. The number of hydrogen-bond donors (Lipinski definition) is 0. The number of nitrogens with zero attached hydrogens (tertiary/aromatic N) is 6. The molecule has 0 N–H and O–H groups in total. The van der Waals surface area contributed by atoms with Gasteiger partial charge in [0.25, 0.3) is 0 Å². The molecule has 3 heterocycles. The third-order valence-corrected chi connectivity index (χ3v) is 7.16. The summed E-state index contributed by atoms with van der Waals surface area (Å²) < 4.78 is 16.5. The van der Waals surface area contributed by atoms with Gasteiger partial charge in [-0.3, -0.25) is 9.55 Å². The Balaban J connectivity index is 1.46. The maximum Gasteiger partial charge on any atom is 0.153 e. The first-order chi connectivity index (χ1) is 15.5. The molecule has 2 aromatic heterocycles. The van der Waals surface area contributed by atoms with Gasteiger partial charge in [0.05, 0.1) is 17.9 Å². The second kappa shape index (κ2) is 8.89. The lowest BCUT2D eigenvalue weighted by molar-refractivity contribution is -0.0136. The lowest BCUT2D eigenvalue weighted by atomic mass is 9.79. The fraction of sp³-hybridized carbons (Fsp3) is 0.458. The quantitative estimate of drug-likeness (QED) is 0.550. The standard InChI is InChI=1S/C24H28ClFN6/c1-3-30(2)31-14-18-13-19(25)10-11-21(18)32-22(15-31)28-29-24(32)17-8-6-16(7-9-17)23-20(26)5-4-12-27-23/h4-5,10-13,16-17H,3,6-9,14-15H2,1-2H3. The Morgan fingerprint density at radius 2 is 1.88 bits per heavy atom. The van der Waals surface area contributed by atoms with E-state index in [0.717, 1.165) is 61.1 Å². The minimum Gasteiger partial charge on any atom is -0.281 e. The van der Waals surface area contributed by atoms with Crippen molar-refractivity contribution in [2.75, 3.05) is 13.6 Å². The highest BCUT2D eigenvalue weighted by molar-refractivity contribution is 6.30. The van der Waals surface area contributed by atoms with Gasteiger partial charge in [0, 0.05) is 43.2 Å². The van der Waals surface area contributed by atoms with Crippen molar-refractivity contribution in [1.82, 2.24) is 29.8 Å². The molecule has 3 aromatic rings. The summed E-state index contributed by atoms with van der Waals surface area (Å²) in [7, 11) is 2.09. The van der Waals surface area contributed by atoms with Gasteiger partial charge in [-0.15, -0.1) is 10.2 Å². The van der Waals surface area contributed by atoms with Crippen LogP contribution in [0.5, 0.6) is 0 Å². The van der Waals surface area contributed by atoms with Gasteiger partial charge in [0.15, 0.2) is 5.82 Å². The van der Waals surface area contributed by atoms with Crippen LogP contribution in [0.15, 0.2) is 36.5 Å². The molecule has 1 aliphatic carbocycles. The molecular formula is C24H28ClFN6. The highest BCUT2D eigenvalue weighted by Crippen LogP contribution is 2.41. The fourth-order valence-corrected chi connectivity index (χ4v) is 5.23. The van der Waals surface area contributed by atoms with Gasteiger partial charge in [0.1, 0.15) is 11.6 Å². The smallest absolute Gasteiger partial charge is 0.153 e. The average molecular weight is 455 g/mol. The minimum absolute atomic E-state index is 0.166. The lowest BCUT2D eigenvalue weighted by Gasteiger charge is -2.29. The first-order valence-corrected chi connectivity index (χ1v) is 11.7. The molecule has 168 valence electrons. The maximum absolute atomic E-state index is 14.2. The fourth-order valence-electron chi connectivity index (χ4n) is 5.04. The largest absolute Gasteiger partial charge is 0.281 e. The highest BCUT2D eigenvalue weighted by atomic mass is 35.5. The van der Waals surface area contributed by atoms with Gasteiger partial charge in [-0.1, -0.05) is 18.5 Å². The molecule has 0 spiro atoms. The molecule has 0 radical (unpaired) electrons. The zero-order valence-corrected chi connectivity index (χ0v) is 19.3. The van der Waals surface area contributed by atoms with E-state index in [1.165, 1.54) is 11.6 Å². The summed E-state index contributed by atoms with van der Waals surface area (Å²) in [5.41, 5.74) is 2.88. The van der Waals surface area contributed by atoms with Gasteiger partial charge in [0.2, 0.25) is 0 Å². The molecule has 5 rings (SSSR count). The van der Waals surface area contributed by atoms with Gasteiger partial charge in [-0.25, -0.2) is 14.4 Å². The summed E-state index contributed by atoms with van der Waals surface area (Å²) in [5.74, 6) is 2.21. The highest BCUT2D eigenvalue weighted by Gasteiger charge is 2.32. The molecule has 0 amide bonds. The third kappa shape index (κ3) is 3.93. The van der Waals surface area contributed by atoms with Crippen LogP contribution in [0, 0.1) is 5.82 Å². The summed E-state index contributed by atoms with van der Waals surface area (Å²) in [6, 6.07) is 9.23. The van der Waals surface area contributed by atoms with Crippen molar-refractivity contribution in [3.05, 3.63) is 70.3 Å². The number of aromatic nitrogens is 4. The second-order valence-corrected chi connectivity index (χ2v) is 9.23. The number of halogens is 2. The molecule has 1 aromatic carbocycles. The number of hydrazine groups is 1. The van der Waals surface area contributed by atoms with E-state index in [4.69, 9.17) is 11.6 Å². The Kier molecular flexibility index (Phi) is 5.97. The molecule has 1 aliphatic heterocycles. The van der Waals surface area contributed by atoms with Crippen LogP contribution in [-0.2, 0) is 13.1 Å². The van der Waals surface area contributed by atoms with E-state index in [9.17, 15) is 4.39 Å². The summed E-state index contributed by atoms with van der Waals surface area (Å²) in [4.78, 5) is 4.31. The van der Waals surface area contributed by atoms with Crippen LogP contribution in [0.1, 0.15) is 67.3 Å².